The summed E-state index contributed by atoms with van der Waals surface area (Å²) in [6.07, 6.45) is 1.10. The molecule has 2 heterocycles. The molecule has 1 N–H and O–H groups in total. The lowest BCUT2D eigenvalue weighted by Gasteiger charge is -2.34. The monoisotopic (exact) mass is 446 g/mol. The van der Waals surface area contributed by atoms with E-state index in [0.29, 0.717) is 30.2 Å². The summed E-state index contributed by atoms with van der Waals surface area (Å²) in [5.74, 6) is 2.61. The number of allylic oxidation sites excluding steroid dienone is 2. The largest absolute Gasteiger partial charge is 0.497 e. The molecule has 0 saturated carbocycles. The Kier molecular flexibility index (Phi) is 5.32. The molecular formula is C26H26N2O5. The summed E-state index contributed by atoms with van der Waals surface area (Å²) in [5, 5.41) is 7.55. The van der Waals surface area contributed by atoms with Gasteiger partial charge in [0.15, 0.2) is 17.3 Å². The first-order valence-corrected chi connectivity index (χ1v) is 10.9. The Morgan fingerprint density at radius 1 is 0.939 bits per heavy atom. The standard InChI is InChI=1S/C26H26N2O5/c1-14-23-24(15-5-8-18(30-2)9-6-15)25-19(27-26(23)33-28-14)11-17(12-20(25)29)16-7-10-21(31-3)22(13-16)32-4/h5-10,13,17,24,27H,11-12H2,1-4H3/t17-,24-/m0/s1. The molecule has 0 unspecified atom stereocenters. The second-order valence-electron chi connectivity index (χ2n) is 8.38. The summed E-state index contributed by atoms with van der Waals surface area (Å²) in [5.41, 5.74) is 5.41. The van der Waals surface area contributed by atoms with Crippen LogP contribution in [0.5, 0.6) is 17.2 Å². The fourth-order valence-electron chi connectivity index (χ4n) is 4.94. The summed E-state index contributed by atoms with van der Waals surface area (Å²) < 4.78 is 21.8. The van der Waals surface area contributed by atoms with Crippen molar-refractivity contribution in [1.29, 1.82) is 0 Å². The first kappa shape index (κ1) is 21.1. The van der Waals surface area contributed by atoms with Crippen molar-refractivity contribution >= 4 is 11.7 Å². The topological polar surface area (TPSA) is 82.8 Å². The van der Waals surface area contributed by atoms with E-state index in [1.54, 1.807) is 21.3 Å². The fourth-order valence-corrected chi connectivity index (χ4v) is 4.94. The van der Waals surface area contributed by atoms with Crippen LogP contribution in [0, 0.1) is 6.92 Å². The molecule has 2 atom stereocenters. The second kappa shape index (κ2) is 8.31. The van der Waals surface area contributed by atoms with Gasteiger partial charge < -0.3 is 24.1 Å². The zero-order chi connectivity index (χ0) is 23.1. The van der Waals surface area contributed by atoms with E-state index >= 15 is 0 Å². The molecule has 0 amide bonds. The number of rotatable bonds is 5. The van der Waals surface area contributed by atoms with E-state index < -0.39 is 0 Å². The van der Waals surface area contributed by atoms with Gasteiger partial charge in [-0.3, -0.25) is 4.79 Å². The molecule has 0 bridgehead atoms. The summed E-state index contributed by atoms with van der Waals surface area (Å²) in [4.78, 5) is 13.6. The molecule has 0 fully saturated rings. The molecule has 0 radical (unpaired) electrons. The van der Waals surface area contributed by atoms with Gasteiger partial charge in [-0.15, -0.1) is 0 Å². The highest BCUT2D eigenvalue weighted by atomic mass is 16.5. The van der Waals surface area contributed by atoms with E-state index in [9.17, 15) is 4.79 Å². The van der Waals surface area contributed by atoms with Crippen LogP contribution in [-0.2, 0) is 4.79 Å². The zero-order valence-electron chi connectivity index (χ0n) is 19.1. The number of Topliss-reactive ketones (excluding diaryl/α,β-unsaturated/α-hetero) is 1. The fraction of sp³-hybridized carbons (Fsp3) is 0.308. The number of aryl methyl sites for hydroxylation is 1. The van der Waals surface area contributed by atoms with Gasteiger partial charge in [0.05, 0.1) is 32.6 Å². The maximum Gasteiger partial charge on any atom is 0.233 e. The lowest BCUT2D eigenvalue weighted by molar-refractivity contribution is -0.116. The third kappa shape index (κ3) is 3.53. The van der Waals surface area contributed by atoms with Crippen molar-refractivity contribution in [3.05, 3.63) is 76.1 Å². The minimum atomic E-state index is -0.229. The summed E-state index contributed by atoms with van der Waals surface area (Å²) in [6.45, 7) is 1.91. The quantitative estimate of drug-likeness (QED) is 0.593. The molecule has 7 heteroatoms. The van der Waals surface area contributed by atoms with Crippen LogP contribution >= 0.6 is 0 Å². The number of hydrogen-bond donors (Lipinski definition) is 1. The highest BCUT2D eigenvalue weighted by Crippen LogP contribution is 2.49. The van der Waals surface area contributed by atoms with Crippen LogP contribution in [0.25, 0.3) is 0 Å². The summed E-state index contributed by atoms with van der Waals surface area (Å²) >= 11 is 0. The Bertz CT molecular complexity index is 1240. The number of carbonyl (C=O) groups excluding carboxylic acids is 1. The summed E-state index contributed by atoms with van der Waals surface area (Å²) in [7, 11) is 4.87. The molecule has 0 spiro atoms. The van der Waals surface area contributed by atoms with Crippen molar-refractivity contribution in [2.75, 3.05) is 26.6 Å². The molecule has 1 aliphatic carbocycles. The maximum atomic E-state index is 13.6. The Hall–Kier alpha value is -3.74. The third-order valence-corrected chi connectivity index (χ3v) is 6.59. The lowest BCUT2D eigenvalue weighted by Crippen LogP contribution is -2.29. The molecule has 1 aromatic heterocycles. The third-order valence-electron chi connectivity index (χ3n) is 6.59. The van der Waals surface area contributed by atoms with Crippen molar-refractivity contribution in [3.8, 4) is 17.2 Å². The molecule has 0 saturated heterocycles. The van der Waals surface area contributed by atoms with E-state index in [2.05, 4.69) is 10.5 Å². The van der Waals surface area contributed by atoms with Gasteiger partial charge in [0.1, 0.15) is 5.75 Å². The van der Waals surface area contributed by atoms with Crippen molar-refractivity contribution in [1.82, 2.24) is 5.16 Å². The van der Waals surface area contributed by atoms with E-state index in [-0.39, 0.29) is 17.6 Å². The molecule has 3 aromatic rings. The number of ether oxygens (including phenoxy) is 3. The van der Waals surface area contributed by atoms with Crippen LogP contribution in [0.2, 0.25) is 0 Å². The van der Waals surface area contributed by atoms with Gasteiger partial charge in [-0.2, -0.15) is 0 Å². The van der Waals surface area contributed by atoms with Crippen LogP contribution in [0.3, 0.4) is 0 Å². The van der Waals surface area contributed by atoms with Crippen LogP contribution in [-0.4, -0.2) is 32.3 Å². The molecule has 5 rings (SSSR count). The van der Waals surface area contributed by atoms with Crippen molar-refractivity contribution in [2.45, 2.75) is 31.6 Å². The van der Waals surface area contributed by atoms with Crippen LogP contribution in [0.15, 0.2) is 58.3 Å². The number of benzene rings is 2. The van der Waals surface area contributed by atoms with Gasteiger partial charge in [0.25, 0.3) is 0 Å². The number of hydrogen-bond acceptors (Lipinski definition) is 7. The Morgan fingerprint density at radius 3 is 2.36 bits per heavy atom. The smallest absolute Gasteiger partial charge is 0.233 e. The highest BCUT2D eigenvalue weighted by Gasteiger charge is 2.41. The van der Waals surface area contributed by atoms with Crippen molar-refractivity contribution in [3.63, 3.8) is 0 Å². The molecule has 1 aliphatic heterocycles. The van der Waals surface area contributed by atoms with Gasteiger partial charge in [0.2, 0.25) is 5.88 Å². The van der Waals surface area contributed by atoms with Gasteiger partial charge in [-0.25, -0.2) is 0 Å². The van der Waals surface area contributed by atoms with Crippen LogP contribution in [0.4, 0.5) is 5.88 Å². The number of ketones is 1. The average Bonchev–Trinajstić information content (AvgIpc) is 3.22. The van der Waals surface area contributed by atoms with Gasteiger partial charge in [-0.1, -0.05) is 23.4 Å². The summed E-state index contributed by atoms with van der Waals surface area (Å²) in [6, 6.07) is 13.7. The average molecular weight is 447 g/mol. The number of nitrogens with zero attached hydrogens (tertiary/aromatic N) is 1. The Balaban J connectivity index is 1.56. The minimum absolute atomic E-state index is 0.0191. The molecule has 2 aromatic carbocycles. The number of anilines is 1. The van der Waals surface area contributed by atoms with Crippen LogP contribution < -0.4 is 19.5 Å². The van der Waals surface area contributed by atoms with E-state index in [1.165, 1.54) is 0 Å². The van der Waals surface area contributed by atoms with Gasteiger partial charge in [-0.05, 0) is 54.7 Å². The lowest BCUT2D eigenvalue weighted by atomic mass is 9.72. The number of methoxy groups -OCH3 is 3. The van der Waals surface area contributed by atoms with Crippen LogP contribution in [0.1, 0.15) is 47.1 Å². The zero-order valence-corrected chi connectivity index (χ0v) is 19.1. The van der Waals surface area contributed by atoms with E-state index in [4.69, 9.17) is 18.7 Å². The van der Waals surface area contributed by atoms with Crippen molar-refractivity contribution < 1.29 is 23.5 Å². The van der Waals surface area contributed by atoms with Crippen molar-refractivity contribution in [2.24, 2.45) is 0 Å². The van der Waals surface area contributed by atoms with E-state index in [0.717, 1.165) is 39.4 Å². The number of aromatic nitrogens is 1. The maximum absolute atomic E-state index is 13.6. The molecule has 2 aliphatic rings. The SMILES string of the molecule is COc1ccc([C@@H]2C3=C(C[C@H](c4ccc(OC)c(OC)c4)CC3=O)Nc3onc(C)c32)cc1. The molecular weight excluding hydrogens is 420 g/mol. The normalized spacial score (nSPS) is 19.5. The molecule has 170 valence electrons. The Labute approximate surface area is 192 Å². The first-order valence-electron chi connectivity index (χ1n) is 10.9. The minimum Gasteiger partial charge on any atom is -0.497 e. The number of carbonyl (C=O) groups is 1. The number of fused-ring (bicyclic) bond motifs is 1. The van der Waals surface area contributed by atoms with E-state index in [1.807, 2.05) is 49.4 Å². The highest BCUT2D eigenvalue weighted by molar-refractivity contribution is 6.01. The predicted octanol–water partition coefficient (Wildman–Crippen LogP) is 4.97. The molecule has 7 nitrogen and oxygen atoms in total. The van der Waals surface area contributed by atoms with Gasteiger partial charge in [0, 0.05) is 23.6 Å². The van der Waals surface area contributed by atoms with Gasteiger partial charge >= 0.3 is 0 Å². The second-order valence-corrected chi connectivity index (χ2v) is 8.38. The molecule has 33 heavy (non-hydrogen) atoms. The first-order chi connectivity index (χ1) is 16.0. The Morgan fingerprint density at radius 2 is 1.67 bits per heavy atom. The predicted molar refractivity (Wildman–Crippen MR) is 123 cm³/mol. The number of nitrogens with one attached hydrogen (secondary N) is 1.